The van der Waals surface area contributed by atoms with Gasteiger partial charge in [0.25, 0.3) is 0 Å². The van der Waals surface area contributed by atoms with Crippen LogP contribution in [0.1, 0.15) is 55.2 Å². The molecule has 0 bridgehead atoms. The maximum absolute atomic E-state index is 6.74. The van der Waals surface area contributed by atoms with Gasteiger partial charge < -0.3 is 5.73 Å². The highest BCUT2D eigenvalue weighted by molar-refractivity contribution is 5.31. The predicted octanol–water partition coefficient (Wildman–Crippen LogP) is 4.76. The van der Waals surface area contributed by atoms with Crippen molar-refractivity contribution in [2.24, 2.45) is 5.73 Å². The first kappa shape index (κ1) is 14.3. The summed E-state index contributed by atoms with van der Waals surface area (Å²) < 4.78 is 0. The standard InChI is InChI=1S/C20H25N/c1-2-16-7-6-10-19(15-16)20(21)13-11-18(12-14-20)17-8-4-3-5-9-17/h3-10,15,18H,2,11-14,21H2,1H3. The molecule has 0 unspecified atom stereocenters. The molecule has 0 aliphatic heterocycles. The zero-order valence-electron chi connectivity index (χ0n) is 12.9. The third-order valence-corrected chi connectivity index (χ3v) is 5.06. The molecule has 0 aromatic heterocycles. The molecule has 0 radical (unpaired) electrons. The van der Waals surface area contributed by atoms with Gasteiger partial charge >= 0.3 is 0 Å². The third-order valence-electron chi connectivity index (χ3n) is 5.06. The van der Waals surface area contributed by atoms with E-state index in [2.05, 4.69) is 61.5 Å². The van der Waals surface area contributed by atoms with Crippen LogP contribution in [0.3, 0.4) is 0 Å². The van der Waals surface area contributed by atoms with Crippen molar-refractivity contribution in [1.82, 2.24) is 0 Å². The summed E-state index contributed by atoms with van der Waals surface area (Å²) in [6.07, 6.45) is 5.63. The normalized spacial score (nSPS) is 25.7. The molecule has 1 nitrogen and oxygen atoms in total. The van der Waals surface area contributed by atoms with Crippen molar-refractivity contribution >= 4 is 0 Å². The van der Waals surface area contributed by atoms with E-state index in [1.165, 1.54) is 29.5 Å². The largest absolute Gasteiger partial charge is 0.321 e. The average molecular weight is 279 g/mol. The summed E-state index contributed by atoms with van der Waals surface area (Å²) in [5.41, 5.74) is 10.8. The van der Waals surface area contributed by atoms with Crippen LogP contribution in [-0.2, 0) is 12.0 Å². The minimum Gasteiger partial charge on any atom is -0.321 e. The fourth-order valence-electron chi connectivity index (χ4n) is 3.58. The molecule has 2 N–H and O–H groups in total. The summed E-state index contributed by atoms with van der Waals surface area (Å²) in [4.78, 5) is 0. The van der Waals surface area contributed by atoms with Crippen LogP contribution in [0.5, 0.6) is 0 Å². The van der Waals surface area contributed by atoms with Crippen LogP contribution < -0.4 is 5.73 Å². The summed E-state index contributed by atoms with van der Waals surface area (Å²) in [7, 11) is 0. The lowest BCUT2D eigenvalue weighted by atomic mass is 9.71. The highest BCUT2D eigenvalue weighted by atomic mass is 14.7. The van der Waals surface area contributed by atoms with Gasteiger partial charge in [-0.1, -0.05) is 61.5 Å². The van der Waals surface area contributed by atoms with E-state index in [0.29, 0.717) is 5.92 Å². The molecule has 0 spiro atoms. The minimum absolute atomic E-state index is 0.129. The van der Waals surface area contributed by atoms with Gasteiger partial charge in [-0.05, 0) is 54.7 Å². The number of hydrogen-bond acceptors (Lipinski definition) is 1. The number of rotatable bonds is 3. The van der Waals surface area contributed by atoms with E-state index in [9.17, 15) is 0 Å². The topological polar surface area (TPSA) is 26.0 Å². The average Bonchev–Trinajstić information content (AvgIpc) is 2.56. The van der Waals surface area contributed by atoms with Gasteiger partial charge in [-0.3, -0.25) is 0 Å². The molecule has 0 heterocycles. The molecule has 21 heavy (non-hydrogen) atoms. The molecule has 110 valence electrons. The van der Waals surface area contributed by atoms with Crippen molar-refractivity contribution in [3.63, 3.8) is 0 Å². The summed E-state index contributed by atoms with van der Waals surface area (Å²) in [6, 6.07) is 19.8. The lowest BCUT2D eigenvalue weighted by Gasteiger charge is -2.38. The van der Waals surface area contributed by atoms with Crippen LogP contribution in [0.25, 0.3) is 0 Å². The van der Waals surface area contributed by atoms with Crippen molar-refractivity contribution in [2.75, 3.05) is 0 Å². The van der Waals surface area contributed by atoms with Crippen LogP contribution in [0.4, 0.5) is 0 Å². The van der Waals surface area contributed by atoms with E-state index in [1.807, 2.05) is 0 Å². The molecule has 0 atom stereocenters. The Balaban J connectivity index is 1.74. The molecule has 1 aliphatic rings. The van der Waals surface area contributed by atoms with E-state index >= 15 is 0 Å². The molecule has 0 saturated heterocycles. The lowest BCUT2D eigenvalue weighted by molar-refractivity contribution is 0.277. The number of nitrogens with two attached hydrogens (primary N) is 1. The van der Waals surface area contributed by atoms with E-state index in [-0.39, 0.29) is 5.54 Å². The third kappa shape index (κ3) is 3.03. The second-order valence-corrected chi connectivity index (χ2v) is 6.40. The molecule has 1 saturated carbocycles. The molecular formula is C20H25N. The van der Waals surface area contributed by atoms with E-state index < -0.39 is 0 Å². The number of hydrogen-bond donors (Lipinski definition) is 1. The van der Waals surface area contributed by atoms with Gasteiger partial charge in [-0.15, -0.1) is 0 Å². The van der Waals surface area contributed by atoms with Gasteiger partial charge in [0, 0.05) is 5.54 Å². The SMILES string of the molecule is CCc1cccc(C2(N)CCC(c3ccccc3)CC2)c1. The van der Waals surface area contributed by atoms with Crippen LogP contribution in [0, 0.1) is 0 Å². The highest BCUT2D eigenvalue weighted by Gasteiger charge is 2.33. The Kier molecular flexibility index (Phi) is 4.12. The monoisotopic (exact) mass is 279 g/mol. The second kappa shape index (κ2) is 6.03. The quantitative estimate of drug-likeness (QED) is 0.861. The van der Waals surface area contributed by atoms with Crippen molar-refractivity contribution in [3.8, 4) is 0 Å². The number of benzene rings is 2. The van der Waals surface area contributed by atoms with Gasteiger partial charge in [0.15, 0.2) is 0 Å². The van der Waals surface area contributed by atoms with Crippen LogP contribution in [0.15, 0.2) is 54.6 Å². The van der Waals surface area contributed by atoms with Crippen LogP contribution in [-0.4, -0.2) is 0 Å². The molecule has 2 aromatic rings. The maximum atomic E-state index is 6.74. The van der Waals surface area contributed by atoms with Gasteiger partial charge in [0.1, 0.15) is 0 Å². The molecule has 2 aromatic carbocycles. The molecule has 1 fully saturated rings. The van der Waals surface area contributed by atoms with E-state index in [0.717, 1.165) is 19.3 Å². The fraction of sp³-hybridized carbons (Fsp3) is 0.400. The molecular weight excluding hydrogens is 254 g/mol. The Labute approximate surface area is 128 Å². The maximum Gasteiger partial charge on any atom is 0.0410 e. The molecule has 3 rings (SSSR count). The summed E-state index contributed by atoms with van der Waals surface area (Å²) >= 11 is 0. The summed E-state index contributed by atoms with van der Waals surface area (Å²) in [6.45, 7) is 2.20. The minimum atomic E-state index is -0.129. The Morgan fingerprint density at radius 3 is 2.38 bits per heavy atom. The zero-order chi connectivity index (χ0) is 14.7. The summed E-state index contributed by atoms with van der Waals surface area (Å²) in [5.74, 6) is 0.678. The Hall–Kier alpha value is -1.60. The van der Waals surface area contributed by atoms with Gasteiger partial charge in [-0.2, -0.15) is 0 Å². The van der Waals surface area contributed by atoms with E-state index in [4.69, 9.17) is 5.73 Å². The van der Waals surface area contributed by atoms with Crippen LogP contribution >= 0.6 is 0 Å². The van der Waals surface area contributed by atoms with E-state index in [1.54, 1.807) is 0 Å². The Morgan fingerprint density at radius 2 is 1.71 bits per heavy atom. The Bertz CT molecular complexity index is 580. The van der Waals surface area contributed by atoms with Crippen LogP contribution in [0.2, 0.25) is 0 Å². The first-order chi connectivity index (χ1) is 10.2. The first-order valence-electron chi connectivity index (χ1n) is 8.14. The summed E-state index contributed by atoms with van der Waals surface area (Å²) in [5, 5.41) is 0. The molecule has 0 amide bonds. The number of aryl methyl sites for hydroxylation is 1. The van der Waals surface area contributed by atoms with Gasteiger partial charge in [-0.25, -0.2) is 0 Å². The molecule has 1 aliphatic carbocycles. The van der Waals surface area contributed by atoms with Gasteiger partial charge in [0.2, 0.25) is 0 Å². The van der Waals surface area contributed by atoms with Crippen molar-refractivity contribution in [2.45, 2.75) is 50.5 Å². The second-order valence-electron chi connectivity index (χ2n) is 6.40. The van der Waals surface area contributed by atoms with Crippen molar-refractivity contribution < 1.29 is 0 Å². The Morgan fingerprint density at radius 1 is 1.00 bits per heavy atom. The first-order valence-corrected chi connectivity index (χ1v) is 8.14. The highest BCUT2D eigenvalue weighted by Crippen LogP contribution is 2.41. The lowest BCUT2D eigenvalue weighted by Crippen LogP contribution is -2.40. The molecule has 1 heteroatoms. The zero-order valence-corrected chi connectivity index (χ0v) is 12.9. The van der Waals surface area contributed by atoms with Crippen molar-refractivity contribution in [3.05, 3.63) is 71.3 Å². The predicted molar refractivity (Wildman–Crippen MR) is 89.3 cm³/mol. The van der Waals surface area contributed by atoms with Gasteiger partial charge in [0.05, 0.1) is 0 Å². The fourth-order valence-corrected chi connectivity index (χ4v) is 3.58. The van der Waals surface area contributed by atoms with Crippen molar-refractivity contribution in [1.29, 1.82) is 0 Å². The smallest absolute Gasteiger partial charge is 0.0410 e.